The van der Waals surface area contributed by atoms with Crippen LogP contribution in [0.2, 0.25) is 0 Å². The van der Waals surface area contributed by atoms with Crippen LogP contribution < -0.4 is 4.72 Å². The van der Waals surface area contributed by atoms with Crippen molar-refractivity contribution in [2.75, 3.05) is 20.7 Å². The van der Waals surface area contributed by atoms with Crippen LogP contribution in [0, 0.1) is 11.8 Å². The van der Waals surface area contributed by atoms with Gasteiger partial charge in [-0.05, 0) is 11.4 Å². The lowest BCUT2D eigenvalue weighted by molar-refractivity contribution is 0.350. The molecule has 0 amide bonds. The molecule has 0 radical (unpaired) electrons. The molecule has 0 bridgehead atoms. The summed E-state index contributed by atoms with van der Waals surface area (Å²) >= 11 is 1.42. The molecule has 0 aliphatic heterocycles. The van der Waals surface area contributed by atoms with E-state index in [9.17, 15) is 8.42 Å². The fraction of sp³-hybridized carbons (Fsp3) is 0.400. The van der Waals surface area contributed by atoms with Gasteiger partial charge in [-0.25, -0.2) is 0 Å². The van der Waals surface area contributed by atoms with E-state index in [1.54, 1.807) is 6.07 Å². The van der Waals surface area contributed by atoms with E-state index in [0.29, 0.717) is 0 Å². The number of thiophene rings is 1. The molecule has 1 rings (SSSR count). The molecule has 0 spiro atoms. The maximum absolute atomic E-state index is 11.5. The summed E-state index contributed by atoms with van der Waals surface area (Å²) < 4.78 is 26.6. The van der Waals surface area contributed by atoms with Crippen LogP contribution in [0.25, 0.3) is 0 Å². The molecule has 1 heterocycles. The maximum Gasteiger partial charge on any atom is 0.279 e. The van der Waals surface area contributed by atoms with Crippen LogP contribution in [0.4, 0.5) is 0 Å². The third kappa shape index (κ3) is 4.11. The van der Waals surface area contributed by atoms with E-state index in [4.69, 9.17) is 5.11 Å². The van der Waals surface area contributed by atoms with Gasteiger partial charge < -0.3 is 5.11 Å². The van der Waals surface area contributed by atoms with Gasteiger partial charge in [-0.15, -0.1) is 11.3 Å². The fourth-order valence-electron chi connectivity index (χ4n) is 1.01. The summed E-state index contributed by atoms with van der Waals surface area (Å²) in [5.41, 5.74) is 0.741. The summed E-state index contributed by atoms with van der Waals surface area (Å²) in [7, 11) is -0.496. The molecule has 0 saturated carbocycles. The van der Waals surface area contributed by atoms with Crippen molar-refractivity contribution in [3.05, 3.63) is 21.9 Å². The Bertz CT molecular complexity index is 523. The number of rotatable bonds is 4. The third-order valence-corrected chi connectivity index (χ3v) is 4.33. The largest absolute Gasteiger partial charge is 0.384 e. The first kappa shape index (κ1) is 14.2. The Hall–Kier alpha value is -0.910. The first-order valence-electron chi connectivity index (χ1n) is 4.80. The highest BCUT2D eigenvalue weighted by molar-refractivity contribution is 7.87. The molecule has 0 unspecified atom stereocenters. The Labute approximate surface area is 105 Å². The van der Waals surface area contributed by atoms with Gasteiger partial charge in [0.05, 0.1) is 0 Å². The molecule has 94 valence electrons. The van der Waals surface area contributed by atoms with Crippen LogP contribution in [0.1, 0.15) is 10.4 Å². The molecule has 0 atom stereocenters. The standard InChI is InChI=1S/C10H14N2O3S2/c1-12(2)17(14,15)11-8-10-9(4-3-6-13)5-7-16-10/h5,7,11,13H,6,8H2,1-2H3. The van der Waals surface area contributed by atoms with E-state index in [1.807, 2.05) is 5.38 Å². The molecule has 0 fully saturated rings. The minimum absolute atomic E-state index is 0.202. The maximum atomic E-state index is 11.5. The molecule has 7 heteroatoms. The van der Waals surface area contributed by atoms with Crippen LogP contribution >= 0.6 is 11.3 Å². The van der Waals surface area contributed by atoms with Crippen LogP contribution in [-0.4, -0.2) is 38.5 Å². The lowest BCUT2D eigenvalue weighted by atomic mass is 10.2. The second-order valence-electron chi connectivity index (χ2n) is 3.33. The van der Waals surface area contributed by atoms with Crippen LogP contribution in [0.3, 0.4) is 0 Å². The van der Waals surface area contributed by atoms with E-state index in [0.717, 1.165) is 14.7 Å². The Morgan fingerprint density at radius 1 is 1.53 bits per heavy atom. The number of aliphatic hydroxyl groups is 1. The second-order valence-corrected chi connectivity index (χ2v) is 6.30. The predicted octanol–water partition coefficient (Wildman–Crippen LogP) is -0.0121. The van der Waals surface area contributed by atoms with E-state index in [1.165, 1.54) is 25.4 Å². The molecule has 0 saturated heterocycles. The van der Waals surface area contributed by atoms with Gasteiger partial charge >= 0.3 is 0 Å². The summed E-state index contributed by atoms with van der Waals surface area (Å²) in [6, 6.07) is 1.80. The molecule has 17 heavy (non-hydrogen) atoms. The van der Waals surface area contributed by atoms with Crippen molar-refractivity contribution in [3.63, 3.8) is 0 Å². The van der Waals surface area contributed by atoms with Gasteiger partial charge in [0.15, 0.2) is 0 Å². The number of nitrogens with zero attached hydrogens (tertiary/aromatic N) is 1. The summed E-state index contributed by atoms with van der Waals surface area (Å²) in [6.45, 7) is -0.00761. The highest BCUT2D eigenvalue weighted by atomic mass is 32.2. The first-order valence-corrected chi connectivity index (χ1v) is 7.12. The van der Waals surface area contributed by atoms with E-state index < -0.39 is 10.2 Å². The summed E-state index contributed by atoms with van der Waals surface area (Å²) in [5.74, 6) is 5.31. The lowest BCUT2D eigenvalue weighted by Gasteiger charge is -2.11. The Morgan fingerprint density at radius 2 is 2.24 bits per heavy atom. The van der Waals surface area contributed by atoms with E-state index >= 15 is 0 Å². The number of hydrogen-bond donors (Lipinski definition) is 2. The van der Waals surface area contributed by atoms with Crippen LogP contribution in [0.15, 0.2) is 11.4 Å². The van der Waals surface area contributed by atoms with Gasteiger partial charge in [0.2, 0.25) is 0 Å². The minimum Gasteiger partial charge on any atom is -0.384 e. The van der Waals surface area contributed by atoms with Gasteiger partial charge in [0.25, 0.3) is 10.2 Å². The van der Waals surface area contributed by atoms with Crippen molar-refractivity contribution in [1.82, 2.24) is 9.03 Å². The highest BCUT2D eigenvalue weighted by Crippen LogP contribution is 2.15. The minimum atomic E-state index is -3.42. The quantitative estimate of drug-likeness (QED) is 0.759. The van der Waals surface area contributed by atoms with Crippen molar-refractivity contribution < 1.29 is 13.5 Å². The average Bonchev–Trinajstić information content (AvgIpc) is 2.71. The van der Waals surface area contributed by atoms with Gasteiger partial charge in [0, 0.05) is 31.1 Å². The summed E-state index contributed by atoms with van der Waals surface area (Å²) in [6.07, 6.45) is 0. The fourth-order valence-corrected chi connectivity index (χ4v) is 2.46. The molecule has 5 nitrogen and oxygen atoms in total. The summed E-state index contributed by atoms with van der Waals surface area (Å²) in [5, 5.41) is 10.4. The van der Waals surface area contributed by atoms with E-state index in [-0.39, 0.29) is 13.2 Å². The zero-order valence-corrected chi connectivity index (χ0v) is 11.2. The van der Waals surface area contributed by atoms with Gasteiger partial charge in [0.1, 0.15) is 6.61 Å². The molecule has 0 aliphatic rings. The van der Waals surface area contributed by atoms with Crippen molar-refractivity contribution in [1.29, 1.82) is 0 Å². The topological polar surface area (TPSA) is 69.6 Å². The number of hydrogen-bond acceptors (Lipinski definition) is 4. The molecule has 0 aliphatic carbocycles. The molecule has 2 N–H and O–H groups in total. The third-order valence-electron chi connectivity index (χ3n) is 1.94. The van der Waals surface area contributed by atoms with Gasteiger partial charge in [-0.2, -0.15) is 17.4 Å². The van der Waals surface area contributed by atoms with Crippen molar-refractivity contribution in [2.24, 2.45) is 0 Å². The van der Waals surface area contributed by atoms with Crippen LogP contribution in [-0.2, 0) is 16.8 Å². The zero-order valence-electron chi connectivity index (χ0n) is 9.60. The molecule has 0 aromatic carbocycles. The smallest absolute Gasteiger partial charge is 0.279 e. The highest BCUT2D eigenvalue weighted by Gasteiger charge is 2.13. The van der Waals surface area contributed by atoms with Crippen molar-refractivity contribution in [3.8, 4) is 11.8 Å². The average molecular weight is 274 g/mol. The first-order chi connectivity index (χ1) is 7.97. The normalized spacial score (nSPS) is 11.3. The predicted molar refractivity (Wildman–Crippen MR) is 67.7 cm³/mol. The molecule has 1 aromatic rings. The lowest BCUT2D eigenvalue weighted by Crippen LogP contribution is -2.35. The van der Waals surface area contributed by atoms with Crippen molar-refractivity contribution in [2.45, 2.75) is 6.54 Å². The molecular formula is C10H14N2O3S2. The molecule has 1 aromatic heterocycles. The molecular weight excluding hydrogens is 260 g/mol. The number of aliphatic hydroxyl groups excluding tert-OH is 1. The Kier molecular flexibility index (Phi) is 5.11. The van der Waals surface area contributed by atoms with Crippen molar-refractivity contribution >= 4 is 21.5 Å². The second kappa shape index (κ2) is 6.14. The van der Waals surface area contributed by atoms with Crippen LogP contribution in [0.5, 0.6) is 0 Å². The SMILES string of the molecule is CN(C)S(=O)(=O)NCc1sccc1C#CCO. The summed E-state index contributed by atoms with van der Waals surface area (Å²) in [4.78, 5) is 0.830. The monoisotopic (exact) mass is 274 g/mol. The van der Waals surface area contributed by atoms with E-state index in [2.05, 4.69) is 16.6 Å². The van der Waals surface area contributed by atoms with Gasteiger partial charge in [-0.3, -0.25) is 0 Å². The Morgan fingerprint density at radius 3 is 2.82 bits per heavy atom. The zero-order chi connectivity index (χ0) is 12.9. The number of nitrogens with one attached hydrogen (secondary N) is 1. The van der Waals surface area contributed by atoms with Gasteiger partial charge in [-0.1, -0.05) is 11.8 Å². The Balaban J connectivity index is 2.74.